The summed E-state index contributed by atoms with van der Waals surface area (Å²) < 4.78 is 19.5. The molecule has 1 atom stereocenters. The van der Waals surface area contributed by atoms with Crippen molar-refractivity contribution in [3.05, 3.63) is 0 Å². The van der Waals surface area contributed by atoms with Crippen LogP contribution in [0.1, 0.15) is 39.5 Å². The zero-order valence-corrected chi connectivity index (χ0v) is 18.1. The maximum absolute atomic E-state index is 12.4. The average molecular weight is 420 g/mol. The summed E-state index contributed by atoms with van der Waals surface area (Å²) in [7, 11) is 3.03. The highest BCUT2D eigenvalue weighted by atomic mass is 16.6. The van der Waals surface area contributed by atoms with Crippen LogP contribution in [0, 0.1) is 5.92 Å². The fourth-order valence-corrected chi connectivity index (χ4v) is 2.21. The quantitative estimate of drug-likeness (QED) is 0.323. The lowest BCUT2D eigenvalue weighted by Gasteiger charge is -2.19. The van der Waals surface area contributed by atoms with E-state index >= 15 is 0 Å². The van der Waals surface area contributed by atoms with E-state index in [1.165, 1.54) is 14.2 Å². The SMILES string of the molecule is COCCOC(=O)NCCCCC(NC(=O)OCCOC)C(=O)NCCC(C)C. The van der Waals surface area contributed by atoms with Crippen molar-refractivity contribution in [2.75, 3.05) is 53.7 Å². The molecule has 3 N–H and O–H groups in total. The Labute approximate surface area is 173 Å². The monoisotopic (exact) mass is 419 g/mol. The van der Waals surface area contributed by atoms with Crippen LogP contribution in [0.4, 0.5) is 9.59 Å². The van der Waals surface area contributed by atoms with Crippen molar-refractivity contribution in [1.82, 2.24) is 16.0 Å². The maximum atomic E-state index is 12.4. The van der Waals surface area contributed by atoms with Crippen molar-refractivity contribution in [1.29, 1.82) is 0 Å². The normalized spacial score (nSPS) is 11.6. The van der Waals surface area contributed by atoms with Crippen LogP contribution >= 0.6 is 0 Å². The van der Waals surface area contributed by atoms with Gasteiger partial charge in [0.1, 0.15) is 19.3 Å². The van der Waals surface area contributed by atoms with Gasteiger partial charge < -0.3 is 34.9 Å². The predicted octanol–water partition coefficient (Wildman–Crippen LogP) is 1.43. The fraction of sp³-hybridized carbons (Fsp3) is 0.842. The Morgan fingerprint density at radius 2 is 1.38 bits per heavy atom. The highest BCUT2D eigenvalue weighted by Gasteiger charge is 2.21. The zero-order chi connectivity index (χ0) is 21.9. The Morgan fingerprint density at radius 3 is 1.97 bits per heavy atom. The summed E-state index contributed by atoms with van der Waals surface area (Å²) >= 11 is 0. The molecule has 0 spiro atoms. The molecule has 0 aromatic rings. The number of hydrogen-bond acceptors (Lipinski definition) is 7. The van der Waals surface area contributed by atoms with Gasteiger partial charge in [-0.15, -0.1) is 0 Å². The molecule has 10 nitrogen and oxygen atoms in total. The third-order valence-electron chi connectivity index (χ3n) is 3.86. The molecular formula is C19H37N3O7. The number of ether oxygens (including phenoxy) is 4. The van der Waals surface area contributed by atoms with Crippen molar-refractivity contribution >= 4 is 18.1 Å². The highest BCUT2D eigenvalue weighted by Crippen LogP contribution is 2.03. The van der Waals surface area contributed by atoms with Gasteiger partial charge in [-0.3, -0.25) is 4.79 Å². The molecule has 0 aliphatic carbocycles. The minimum absolute atomic E-state index is 0.110. The molecule has 0 saturated carbocycles. The van der Waals surface area contributed by atoms with Crippen molar-refractivity contribution in [2.45, 2.75) is 45.6 Å². The summed E-state index contributed by atoms with van der Waals surface area (Å²) in [5.41, 5.74) is 0. The molecule has 10 heteroatoms. The Kier molecular flexibility index (Phi) is 16.7. The average Bonchev–Trinajstić information content (AvgIpc) is 2.66. The number of methoxy groups -OCH3 is 2. The zero-order valence-electron chi connectivity index (χ0n) is 18.1. The fourth-order valence-electron chi connectivity index (χ4n) is 2.21. The number of carbonyl (C=O) groups is 3. The van der Waals surface area contributed by atoms with Gasteiger partial charge >= 0.3 is 12.2 Å². The molecule has 0 aliphatic rings. The number of rotatable bonds is 16. The third-order valence-corrected chi connectivity index (χ3v) is 3.86. The molecule has 170 valence electrons. The second kappa shape index (κ2) is 18.0. The van der Waals surface area contributed by atoms with Gasteiger partial charge in [0, 0.05) is 27.3 Å². The van der Waals surface area contributed by atoms with Crippen molar-refractivity contribution in [2.24, 2.45) is 5.92 Å². The Hall–Kier alpha value is -2.07. The van der Waals surface area contributed by atoms with Gasteiger partial charge in [-0.05, 0) is 31.6 Å². The summed E-state index contributed by atoms with van der Waals surface area (Å²) in [6.07, 6.45) is 1.36. The second-order valence-corrected chi connectivity index (χ2v) is 6.85. The van der Waals surface area contributed by atoms with Crippen LogP contribution in [0.15, 0.2) is 0 Å². The molecular weight excluding hydrogens is 382 g/mol. The van der Waals surface area contributed by atoms with E-state index in [0.717, 1.165) is 6.42 Å². The van der Waals surface area contributed by atoms with Gasteiger partial charge in [-0.2, -0.15) is 0 Å². The van der Waals surface area contributed by atoms with Crippen LogP contribution in [0.3, 0.4) is 0 Å². The van der Waals surface area contributed by atoms with Crippen LogP contribution < -0.4 is 16.0 Å². The molecule has 0 aliphatic heterocycles. The Balaban J connectivity index is 4.30. The molecule has 0 radical (unpaired) electrons. The summed E-state index contributed by atoms with van der Waals surface area (Å²) in [5, 5.41) is 8.06. The lowest BCUT2D eigenvalue weighted by molar-refractivity contribution is -0.123. The first kappa shape index (κ1) is 26.9. The van der Waals surface area contributed by atoms with E-state index in [-0.39, 0.29) is 25.7 Å². The van der Waals surface area contributed by atoms with Gasteiger partial charge in [-0.1, -0.05) is 13.8 Å². The lowest BCUT2D eigenvalue weighted by atomic mass is 10.1. The number of amides is 3. The summed E-state index contributed by atoms with van der Waals surface area (Å²) in [4.78, 5) is 35.7. The number of hydrogen-bond donors (Lipinski definition) is 3. The van der Waals surface area contributed by atoms with E-state index in [0.29, 0.717) is 44.9 Å². The predicted molar refractivity (Wildman–Crippen MR) is 108 cm³/mol. The molecule has 29 heavy (non-hydrogen) atoms. The van der Waals surface area contributed by atoms with Gasteiger partial charge in [0.15, 0.2) is 0 Å². The largest absolute Gasteiger partial charge is 0.447 e. The molecule has 0 aromatic heterocycles. The Bertz CT molecular complexity index is 461. The van der Waals surface area contributed by atoms with E-state index < -0.39 is 18.2 Å². The van der Waals surface area contributed by atoms with Gasteiger partial charge in [0.25, 0.3) is 0 Å². The van der Waals surface area contributed by atoms with Gasteiger partial charge in [0.05, 0.1) is 13.2 Å². The molecule has 0 rings (SSSR count). The van der Waals surface area contributed by atoms with E-state index in [1.54, 1.807) is 0 Å². The van der Waals surface area contributed by atoms with Crippen molar-refractivity contribution in [3.8, 4) is 0 Å². The second-order valence-electron chi connectivity index (χ2n) is 6.85. The first-order chi connectivity index (χ1) is 13.9. The van der Waals surface area contributed by atoms with Gasteiger partial charge in [0.2, 0.25) is 5.91 Å². The minimum Gasteiger partial charge on any atom is -0.447 e. The van der Waals surface area contributed by atoms with Crippen LogP contribution in [0.25, 0.3) is 0 Å². The number of nitrogens with one attached hydrogen (secondary N) is 3. The van der Waals surface area contributed by atoms with E-state index in [2.05, 4.69) is 29.8 Å². The van der Waals surface area contributed by atoms with Crippen LogP contribution in [0.2, 0.25) is 0 Å². The standard InChI is InChI=1S/C19H37N3O7/c1-15(2)8-10-20-17(23)16(22-19(25)29-14-12-27-4)7-5-6-9-21-18(24)28-13-11-26-3/h15-16H,5-14H2,1-4H3,(H,20,23)(H,21,24)(H,22,25). The molecule has 0 bridgehead atoms. The molecule has 3 amide bonds. The minimum atomic E-state index is -0.703. The number of unbranched alkanes of at least 4 members (excludes halogenated alkanes) is 1. The molecule has 0 aromatic carbocycles. The summed E-state index contributed by atoms with van der Waals surface area (Å²) in [6, 6.07) is -0.703. The topological polar surface area (TPSA) is 124 Å². The summed E-state index contributed by atoms with van der Waals surface area (Å²) in [5.74, 6) is 0.219. The molecule has 1 unspecified atom stereocenters. The molecule has 0 fully saturated rings. The third kappa shape index (κ3) is 16.6. The van der Waals surface area contributed by atoms with Crippen molar-refractivity contribution < 1.29 is 33.3 Å². The van der Waals surface area contributed by atoms with Crippen molar-refractivity contribution in [3.63, 3.8) is 0 Å². The smallest absolute Gasteiger partial charge is 0.407 e. The first-order valence-electron chi connectivity index (χ1n) is 10.00. The number of alkyl carbamates (subject to hydrolysis) is 2. The first-order valence-corrected chi connectivity index (χ1v) is 10.00. The van der Waals surface area contributed by atoms with Crippen LogP contribution in [-0.4, -0.2) is 77.9 Å². The van der Waals surface area contributed by atoms with Crippen LogP contribution in [-0.2, 0) is 23.7 Å². The summed E-state index contributed by atoms with van der Waals surface area (Å²) in [6.45, 7) is 6.02. The van der Waals surface area contributed by atoms with E-state index in [4.69, 9.17) is 18.9 Å². The van der Waals surface area contributed by atoms with Gasteiger partial charge in [-0.25, -0.2) is 9.59 Å². The molecule has 0 saturated heterocycles. The maximum Gasteiger partial charge on any atom is 0.407 e. The Morgan fingerprint density at radius 1 is 0.759 bits per heavy atom. The lowest BCUT2D eigenvalue weighted by Crippen LogP contribution is -2.47. The molecule has 0 heterocycles. The van der Waals surface area contributed by atoms with Crippen LogP contribution in [0.5, 0.6) is 0 Å². The van der Waals surface area contributed by atoms with E-state index in [9.17, 15) is 14.4 Å². The highest BCUT2D eigenvalue weighted by molar-refractivity contribution is 5.85. The number of carbonyl (C=O) groups excluding carboxylic acids is 3. The van der Waals surface area contributed by atoms with E-state index in [1.807, 2.05) is 0 Å².